The first-order valence-corrected chi connectivity index (χ1v) is 2.09. The largest absolute Gasteiger partial charge is 0.296 e. The molecule has 0 saturated carbocycles. The first-order valence-electron chi connectivity index (χ1n) is 1.33. The standard InChI is InChI=1S/C3H3Cl2O/c1-2(6)3(4)5/h1H3. The number of halogens is 2. The molecule has 0 fully saturated rings. The first kappa shape index (κ1) is 6.25. The molecule has 0 saturated heterocycles. The molecule has 0 spiro atoms. The Morgan fingerprint density at radius 2 is 1.67 bits per heavy atom. The molecule has 0 aromatic rings. The molecular formula is C3H3Cl2O. The predicted octanol–water partition coefficient (Wildman–Crippen LogP) is 1.54. The highest BCUT2D eigenvalue weighted by Gasteiger charge is 2.03. The maximum absolute atomic E-state index is 9.84. The Kier molecular flexibility index (Phi) is 2.53. The highest BCUT2D eigenvalue weighted by atomic mass is 35.5. The molecule has 0 aromatic heterocycles. The van der Waals surface area contributed by atoms with Gasteiger partial charge in [-0.3, -0.25) is 4.79 Å². The third-order valence-corrected chi connectivity index (χ3v) is 0.798. The molecule has 35 valence electrons. The van der Waals surface area contributed by atoms with E-state index in [9.17, 15) is 4.79 Å². The molecule has 0 aliphatic rings. The minimum Gasteiger partial charge on any atom is -0.296 e. The fourth-order valence-corrected chi connectivity index (χ4v) is 0. The lowest BCUT2D eigenvalue weighted by molar-refractivity contribution is -0.113. The number of ketones is 1. The van der Waals surface area contributed by atoms with E-state index in [1.54, 1.807) is 0 Å². The van der Waals surface area contributed by atoms with Crippen LogP contribution in [0.2, 0.25) is 0 Å². The molecule has 0 unspecified atom stereocenters. The number of carbonyl (C=O) groups excluding carboxylic acids is 1. The molecule has 0 amide bonds. The van der Waals surface area contributed by atoms with Gasteiger partial charge in [0.05, 0.1) is 0 Å². The van der Waals surface area contributed by atoms with Gasteiger partial charge in [-0.05, 0) is 6.92 Å². The summed E-state index contributed by atoms with van der Waals surface area (Å²) in [7, 11) is 0. The van der Waals surface area contributed by atoms with Crippen LogP contribution in [0.15, 0.2) is 0 Å². The molecule has 0 N–H and O–H groups in total. The lowest BCUT2D eigenvalue weighted by Crippen LogP contribution is -1.89. The summed E-state index contributed by atoms with van der Waals surface area (Å²) in [5.74, 6) is -0.293. The van der Waals surface area contributed by atoms with Gasteiger partial charge in [-0.15, -0.1) is 0 Å². The smallest absolute Gasteiger partial charge is 0.215 e. The third-order valence-electron chi connectivity index (χ3n) is 0.266. The molecule has 1 nitrogen and oxygen atoms in total. The van der Waals surface area contributed by atoms with Gasteiger partial charge in [0, 0.05) is 0 Å². The summed E-state index contributed by atoms with van der Waals surface area (Å²) in [6.07, 6.45) is 0. The number of carbonyl (C=O) groups is 1. The summed E-state index contributed by atoms with van der Waals surface area (Å²) in [5, 5.41) is 0. The van der Waals surface area contributed by atoms with Crippen LogP contribution in [0.5, 0.6) is 0 Å². The average molecular weight is 126 g/mol. The molecule has 0 bridgehead atoms. The quantitative estimate of drug-likeness (QED) is 0.520. The molecule has 0 aromatic carbocycles. The summed E-state index contributed by atoms with van der Waals surface area (Å²) < 4.78 is 0. The second-order valence-corrected chi connectivity index (χ2v) is 1.77. The Morgan fingerprint density at radius 1 is 1.50 bits per heavy atom. The molecular weight excluding hydrogens is 123 g/mol. The monoisotopic (exact) mass is 125 g/mol. The van der Waals surface area contributed by atoms with Crippen molar-refractivity contribution in [3.8, 4) is 0 Å². The van der Waals surface area contributed by atoms with Gasteiger partial charge >= 0.3 is 0 Å². The Morgan fingerprint density at radius 3 is 1.67 bits per heavy atom. The highest BCUT2D eigenvalue weighted by Crippen LogP contribution is 2.10. The van der Waals surface area contributed by atoms with Crippen LogP contribution in [0.1, 0.15) is 6.92 Å². The van der Waals surface area contributed by atoms with E-state index in [1.807, 2.05) is 0 Å². The van der Waals surface area contributed by atoms with Gasteiger partial charge in [0.25, 0.3) is 0 Å². The van der Waals surface area contributed by atoms with E-state index < -0.39 is 0 Å². The number of Topliss-reactive ketones (excluding diaryl/α,β-unsaturated/α-hetero) is 1. The predicted molar refractivity (Wildman–Crippen MR) is 25.6 cm³/mol. The second kappa shape index (κ2) is 2.43. The average Bonchev–Trinajstić information content (AvgIpc) is 1.36. The Labute approximate surface area is 46.2 Å². The van der Waals surface area contributed by atoms with Crippen LogP contribution >= 0.6 is 23.2 Å². The van der Waals surface area contributed by atoms with Gasteiger partial charge < -0.3 is 0 Å². The molecule has 6 heavy (non-hydrogen) atoms. The maximum atomic E-state index is 9.84. The van der Waals surface area contributed by atoms with E-state index in [2.05, 4.69) is 0 Å². The summed E-state index contributed by atoms with van der Waals surface area (Å²) in [4.78, 5) is 9.66. The normalized spacial score (nSPS) is 9.33. The Balaban J connectivity index is 3.26. The van der Waals surface area contributed by atoms with E-state index in [-0.39, 0.29) is 10.6 Å². The van der Waals surface area contributed by atoms with Crippen molar-refractivity contribution in [2.24, 2.45) is 0 Å². The van der Waals surface area contributed by atoms with Crippen LogP contribution in [0.3, 0.4) is 0 Å². The molecule has 0 aliphatic carbocycles. The molecule has 0 atom stereocenters. The fourth-order valence-electron chi connectivity index (χ4n) is 0. The SMILES string of the molecule is CC(=O)[C](Cl)Cl. The molecule has 0 rings (SSSR count). The van der Waals surface area contributed by atoms with Gasteiger partial charge in [0.1, 0.15) is 0 Å². The van der Waals surface area contributed by atoms with Gasteiger partial charge in [-0.25, -0.2) is 0 Å². The van der Waals surface area contributed by atoms with E-state index in [1.165, 1.54) is 6.92 Å². The van der Waals surface area contributed by atoms with E-state index >= 15 is 0 Å². The van der Waals surface area contributed by atoms with Crippen molar-refractivity contribution in [3.63, 3.8) is 0 Å². The van der Waals surface area contributed by atoms with Crippen molar-refractivity contribution in [2.45, 2.75) is 6.92 Å². The number of hydrogen-bond acceptors (Lipinski definition) is 1. The van der Waals surface area contributed by atoms with E-state index in [0.29, 0.717) is 0 Å². The molecule has 1 radical (unpaired) electrons. The lowest BCUT2D eigenvalue weighted by Gasteiger charge is -1.83. The Bertz CT molecular complexity index is 59.8. The zero-order valence-corrected chi connectivity index (χ0v) is 4.68. The minimum absolute atomic E-state index is 0.185. The number of hydrogen-bond donors (Lipinski definition) is 0. The van der Waals surface area contributed by atoms with Gasteiger partial charge in [0.15, 0.2) is 5.78 Å². The van der Waals surface area contributed by atoms with Crippen LogP contribution in [-0.2, 0) is 4.79 Å². The van der Waals surface area contributed by atoms with Crippen molar-refractivity contribution in [1.82, 2.24) is 0 Å². The van der Waals surface area contributed by atoms with Crippen LogP contribution in [-0.4, -0.2) is 5.78 Å². The zero-order chi connectivity index (χ0) is 5.15. The summed E-state index contributed by atoms with van der Waals surface area (Å²) >= 11 is 9.89. The summed E-state index contributed by atoms with van der Waals surface area (Å²) in [5.41, 5.74) is 0. The van der Waals surface area contributed by atoms with Gasteiger partial charge in [-0.1, -0.05) is 23.2 Å². The van der Waals surface area contributed by atoms with Crippen LogP contribution in [0, 0.1) is 4.84 Å². The number of rotatable bonds is 1. The maximum Gasteiger partial charge on any atom is 0.215 e. The van der Waals surface area contributed by atoms with Crippen LogP contribution in [0.25, 0.3) is 0 Å². The summed E-state index contributed by atoms with van der Waals surface area (Å²) in [6.45, 7) is 1.30. The van der Waals surface area contributed by atoms with Crippen molar-refractivity contribution < 1.29 is 4.79 Å². The molecule has 0 heterocycles. The molecule has 3 heteroatoms. The minimum atomic E-state index is -0.293. The van der Waals surface area contributed by atoms with Crippen molar-refractivity contribution >= 4 is 29.0 Å². The van der Waals surface area contributed by atoms with E-state index in [4.69, 9.17) is 23.2 Å². The lowest BCUT2D eigenvalue weighted by atomic mass is 10.5. The topological polar surface area (TPSA) is 17.1 Å². The van der Waals surface area contributed by atoms with Crippen LogP contribution < -0.4 is 0 Å². The van der Waals surface area contributed by atoms with Crippen molar-refractivity contribution in [3.05, 3.63) is 4.84 Å². The zero-order valence-electron chi connectivity index (χ0n) is 3.16. The Hall–Kier alpha value is 0.250. The van der Waals surface area contributed by atoms with Gasteiger partial charge in [-0.2, -0.15) is 0 Å². The second-order valence-electron chi connectivity index (χ2n) is 0.817. The van der Waals surface area contributed by atoms with Crippen molar-refractivity contribution in [1.29, 1.82) is 0 Å². The fraction of sp³-hybridized carbons (Fsp3) is 0.333. The molecule has 0 aliphatic heterocycles. The van der Waals surface area contributed by atoms with Crippen LogP contribution in [0.4, 0.5) is 0 Å². The van der Waals surface area contributed by atoms with Crippen molar-refractivity contribution in [2.75, 3.05) is 0 Å². The third kappa shape index (κ3) is 2.49. The highest BCUT2D eigenvalue weighted by molar-refractivity contribution is 6.62. The van der Waals surface area contributed by atoms with E-state index in [0.717, 1.165) is 0 Å². The van der Waals surface area contributed by atoms with Gasteiger partial charge in [0.2, 0.25) is 4.84 Å². The summed E-state index contributed by atoms with van der Waals surface area (Å²) in [6, 6.07) is 0. The first-order chi connectivity index (χ1) is 2.64.